The maximum absolute atomic E-state index is 12.4. The van der Waals surface area contributed by atoms with Crippen molar-refractivity contribution < 1.29 is 9.53 Å². The second-order valence-electron chi connectivity index (χ2n) is 6.68. The molecule has 4 nitrogen and oxygen atoms in total. The van der Waals surface area contributed by atoms with Gasteiger partial charge in [-0.25, -0.2) is 4.79 Å². The Labute approximate surface area is 137 Å². The van der Waals surface area contributed by atoms with Crippen molar-refractivity contribution in [3.05, 3.63) is 35.9 Å². The first-order valence-electron chi connectivity index (χ1n) is 7.67. The molecule has 0 atom stereocenters. The predicted molar refractivity (Wildman–Crippen MR) is 91.5 cm³/mol. The highest BCUT2D eigenvalue weighted by molar-refractivity contribution is 7.80. The molecule has 0 radical (unpaired) electrons. The molecule has 1 saturated carbocycles. The fraction of sp³-hybridized carbons (Fsp3) is 0.529. The first-order valence-corrected chi connectivity index (χ1v) is 8.08. The fourth-order valence-corrected chi connectivity index (χ4v) is 2.21. The topological polar surface area (TPSA) is 41.6 Å². The first kappa shape index (κ1) is 16.7. The standard InChI is InChI=1S/C17H24N2O2S/c1-17(2,3)21-16(20)19(12-14-9-10-14)15(22)18-11-13-7-5-4-6-8-13/h4-8,14H,9-12H2,1-3H3,(H,18,22). The minimum Gasteiger partial charge on any atom is -0.443 e. The highest BCUT2D eigenvalue weighted by Gasteiger charge is 2.31. The normalized spacial score (nSPS) is 14.3. The Balaban J connectivity index is 1.95. The second kappa shape index (κ2) is 7.09. The van der Waals surface area contributed by atoms with Crippen LogP contribution in [0, 0.1) is 5.92 Å². The van der Waals surface area contributed by atoms with Crippen LogP contribution in [0.25, 0.3) is 0 Å². The fourth-order valence-electron chi connectivity index (χ4n) is 1.98. The molecule has 1 N–H and O–H groups in total. The lowest BCUT2D eigenvalue weighted by Gasteiger charge is -2.28. The smallest absolute Gasteiger partial charge is 0.416 e. The number of benzene rings is 1. The summed E-state index contributed by atoms with van der Waals surface area (Å²) in [7, 11) is 0. The Bertz CT molecular complexity index is 521. The molecule has 0 heterocycles. The summed E-state index contributed by atoms with van der Waals surface area (Å²) in [6.45, 7) is 6.82. The van der Waals surface area contributed by atoms with E-state index in [2.05, 4.69) is 5.32 Å². The molecule has 0 aromatic heterocycles. The Morgan fingerprint density at radius 1 is 1.32 bits per heavy atom. The van der Waals surface area contributed by atoms with Crippen LogP contribution >= 0.6 is 12.2 Å². The SMILES string of the molecule is CC(C)(C)OC(=O)N(CC1CC1)C(=S)NCc1ccccc1. The maximum atomic E-state index is 12.4. The number of rotatable bonds is 4. The summed E-state index contributed by atoms with van der Waals surface area (Å²) >= 11 is 5.40. The van der Waals surface area contributed by atoms with Gasteiger partial charge in [-0.2, -0.15) is 0 Å². The van der Waals surface area contributed by atoms with Gasteiger partial charge >= 0.3 is 6.09 Å². The van der Waals surface area contributed by atoms with Gasteiger partial charge < -0.3 is 10.1 Å². The Morgan fingerprint density at radius 3 is 2.50 bits per heavy atom. The molecular formula is C17H24N2O2S. The molecule has 2 rings (SSSR count). The number of hydrogen-bond acceptors (Lipinski definition) is 3. The van der Waals surface area contributed by atoms with E-state index in [-0.39, 0.29) is 6.09 Å². The number of carbonyl (C=O) groups is 1. The number of ether oxygens (including phenoxy) is 1. The molecule has 0 spiro atoms. The zero-order valence-electron chi connectivity index (χ0n) is 13.5. The first-order chi connectivity index (χ1) is 10.3. The third kappa shape index (κ3) is 5.64. The van der Waals surface area contributed by atoms with Gasteiger partial charge in [-0.15, -0.1) is 0 Å². The van der Waals surface area contributed by atoms with Gasteiger partial charge in [0.1, 0.15) is 5.60 Å². The van der Waals surface area contributed by atoms with Crippen LogP contribution < -0.4 is 5.32 Å². The maximum Gasteiger partial charge on any atom is 0.416 e. The predicted octanol–water partition coefficient (Wildman–Crippen LogP) is 3.71. The van der Waals surface area contributed by atoms with Gasteiger partial charge in [-0.3, -0.25) is 4.90 Å². The molecule has 1 aliphatic rings. The number of thiocarbonyl (C=S) groups is 1. The van der Waals surface area contributed by atoms with Crippen molar-refractivity contribution >= 4 is 23.4 Å². The van der Waals surface area contributed by atoms with Crippen LogP contribution in [0.15, 0.2) is 30.3 Å². The van der Waals surface area contributed by atoms with E-state index in [1.165, 1.54) is 0 Å². The van der Waals surface area contributed by atoms with Crippen molar-refractivity contribution in [2.75, 3.05) is 6.54 Å². The van der Waals surface area contributed by atoms with Gasteiger partial charge in [0.05, 0.1) is 0 Å². The van der Waals surface area contributed by atoms with Crippen molar-refractivity contribution in [1.82, 2.24) is 10.2 Å². The van der Waals surface area contributed by atoms with Crippen LogP contribution in [0.3, 0.4) is 0 Å². The van der Waals surface area contributed by atoms with Crippen LogP contribution in [0.5, 0.6) is 0 Å². The van der Waals surface area contributed by atoms with Crippen molar-refractivity contribution in [2.24, 2.45) is 5.92 Å². The summed E-state index contributed by atoms with van der Waals surface area (Å²) in [6, 6.07) is 9.98. The van der Waals surface area contributed by atoms with Gasteiger partial charge in [0.2, 0.25) is 0 Å². The Hall–Kier alpha value is -1.62. The molecule has 1 aliphatic carbocycles. The lowest BCUT2D eigenvalue weighted by Crippen LogP contribution is -2.46. The van der Waals surface area contributed by atoms with E-state index >= 15 is 0 Å². The van der Waals surface area contributed by atoms with Crippen LogP contribution in [-0.2, 0) is 11.3 Å². The zero-order chi connectivity index (χ0) is 16.2. The summed E-state index contributed by atoms with van der Waals surface area (Å²) in [6.07, 6.45) is 1.94. The van der Waals surface area contributed by atoms with Crippen molar-refractivity contribution in [3.8, 4) is 0 Å². The molecular weight excluding hydrogens is 296 g/mol. The molecule has 1 amide bonds. The lowest BCUT2D eigenvalue weighted by atomic mass is 10.2. The van der Waals surface area contributed by atoms with E-state index < -0.39 is 5.60 Å². The van der Waals surface area contributed by atoms with Crippen molar-refractivity contribution in [1.29, 1.82) is 0 Å². The summed E-state index contributed by atoms with van der Waals surface area (Å²) in [5.41, 5.74) is 0.605. The molecule has 1 fully saturated rings. The van der Waals surface area contributed by atoms with Crippen molar-refractivity contribution in [2.45, 2.75) is 45.8 Å². The van der Waals surface area contributed by atoms with Gasteiger partial charge in [-0.05, 0) is 57.3 Å². The third-order valence-corrected chi connectivity index (χ3v) is 3.65. The van der Waals surface area contributed by atoms with Gasteiger partial charge in [0.15, 0.2) is 5.11 Å². The highest BCUT2D eigenvalue weighted by Crippen LogP contribution is 2.30. The summed E-state index contributed by atoms with van der Waals surface area (Å²) < 4.78 is 5.46. The van der Waals surface area contributed by atoms with E-state index in [0.717, 1.165) is 18.4 Å². The number of carbonyl (C=O) groups excluding carboxylic acids is 1. The van der Waals surface area contributed by atoms with Gasteiger partial charge in [-0.1, -0.05) is 30.3 Å². The molecule has 0 saturated heterocycles. The van der Waals surface area contributed by atoms with E-state index in [1.54, 1.807) is 4.90 Å². The van der Waals surface area contributed by atoms with Crippen molar-refractivity contribution in [3.63, 3.8) is 0 Å². The molecule has 0 unspecified atom stereocenters. The molecule has 22 heavy (non-hydrogen) atoms. The van der Waals surface area contributed by atoms with E-state index in [0.29, 0.717) is 24.1 Å². The average molecular weight is 320 g/mol. The Kier molecular flexibility index (Phi) is 5.40. The third-order valence-electron chi connectivity index (χ3n) is 3.28. The van der Waals surface area contributed by atoms with Crippen LogP contribution in [-0.4, -0.2) is 28.3 Å². The number of hydrogen-bond donors (Lipinski definition) is 1. The van der Waals surface area contributed by atoms with Gasteiger partial charge in [0, 0.05) is 13.1 Å². The minimum atomic E-state index is -0.520. The number of nitrogens with one attached hydrogen (secondary N) is 1. The average Bonchev–Trinajstić information content (AvgIpc) is 3.25. The summed E-state index contributed by atoms with van der Waals surface area (Å²) in [5.74, 6) is 0.545. The molecule has 0 bridgehead atoms. The van der Waals surface area contributed by atoms with E-state index in [1.807, 2.05) is 51.1 Å². The van der Waals surface area contributed by atoms with E-state index in [4.69, 9.17) is 17.0 Å². The van der Waals surface area contributed by atoms with Crippen LogP contribution in [0.4, 0.5) is 4.79 Å². The molecule has 1 aromatic carbocycles. The second-order valence-corrected chi connectivity index (χ2v) is 7.07. The molecule has 0 aliphatic heterocycles. The van der Waals surface area contributed by atoms with Crippen LogP contribution in [0.2, 0.25) is 0 Å². The quantitative estimate of drug-likeness (QED) is 0.859. The monoisotopic (exact) mass is 320 g/mol. The summed E-state index contributed by atoms with van der Waals surface area (Å²) in [4.78, 5) is 13.9. The highest BCUT2D eigenvalue weighted by atomic mass is 32.1. The zero-order valence-corrected chi connectivity index (χ0v) is 14.3. The largest absolute Gasteiger partial charge is 0.443 e. The van der Waals surface area contributed by atoms with Crippen LogP contribution in [0.1, 0.15) is 39.2 Å². The molecule has 1 aromatic rings. The Morgan fingerprint density at radius 2 is 1.95 bits per heavy atom. The lowest BCUT2D eigenvalue weighted by molar-refractivity contribution is 0.0362. The number of nitrogens with zero attached hydrogens (tertiary/aromatic N) is 1. The number of amides is 1. The van der Waals surface area contributed by atoms with Gasteiger partial charge in [0.25, 0.3) is 0 Å². The van der Waals surface area contributed by atoms with E-state index in [9.17, 15) is 4.79 Å². The summed E-state index contributed by atoms with van der Waals surface area (Å²) in [5, 5.41) is 3.59. The minimum absolute atomic E-state index is 0.370. The molecule has 5 heteroatoms. The molecule has 120 valence electrons.